The molecule has 12 heteroatoms. The van der Waals surface area contributed by atoms with Gasteiger partial charge in [0.1, 0.15) is 27.9 Å². The molecule has 160 valence electrons. The lowest BCUT2D eigenvalue weighted by Crippen LogP contribution is -2.08. The average molecular weight is 452 g/mol. The van der Waals surface area contributed by atoms with Crippen LogP contribution in [0.5, 0.6) is 0 Å². The van der Waals surface area contributed by atoms with Crippen LogP contribution in [-0.2, 0) is 16.0 Å². The van der Waals surface area contributed by atoms with Crippen molar-refractivity contribution in [3.8, 4) is 16.9 Å². The topological polar surface area (TPSA) is 52.0 Å². The van der Waals surface area contributed by atoms with Crippen LogP contribution in [0.15, 0.2) is 47.4 Å². The van der Waals surface area contributed by atoms with E-state index in [1.165, 1.54) is 0 Å². The van der Waals surface area contributed by atoms with E-state index in [1.807, 2.05) is 0 Å². The molecular weight excluding hydrogens is 441 g/mol. The molecule has 0 spiro atoms. The van der Waals surface area contributed by atoms with Crippen molar-refractivity contribution in [2.24, 2.45) is 0 Å². The fourth-order valence-corrected chi connectivity index (χ4v) is 3.42. The number of hydrogen-bond donors (Lipinski definition) is 0. The highest BCUT2D eigenvalue weighted by molar-refractivity contribution is 7.90. The van der Waals surface area contributed by atoms with Crippen LogP contribution in [0.2, 0.25) is 0 Å². The molecule has 1 aromatic heterocycles. The molecule has 0 radical (unpaired) electrons. The minimum atomic E-state index is -4.64. The Bertz CT molecular complexity index is 1200. The number of nitrogens with zero attached hydrogens (tertiary/aromatic N) is 2. The van der Waals surface area contributed by atoms with Gasteiger partial charge in [-0.2, -0.15) is 18.3 Å². The van der Waals surface area contributed by atoms with E-state index in [0.717, 1.165) is 18.2 Å². The first-order valence-corrected chi connectivity index (χ1v) is 9.93. The second kappa shape index (κ2) is 7.42. The van der Waals surface area contributed by atoms with E-state index in [9.17, 15) is 39.2 Å². The zero-order chi connectivity index (χ0) is 22.4. The second-order valence-corrected chi connectivity index (χ2v) is 8.23. The van der Waals surface area contributed by atoms with Crippen LogP contribution < -0.4 is 0 Å². The molecule has 3 aromatic rings. The maximum Gasteiger partial charge on any atom is 0.416 e. The molecule has 0 bridgehead atoms. The number of rotatable bonds is 4. The van der Waals surface area contributed by atoms with Crippen molar-refractivity contribution in [2.45, 2.75) is 17.5 Å². The molecule has 0 unspecified atom stereocenters. The van der Waals surface area contributed by atoms with E-state index in [4.69, 9.17) is 0 Å². The maximum atomic E-state index is 14.5. The van der Waals surface area contributed by atoms with E-state index in [2.05, 4.69) is 5.10 Å². The number of halogens is 7. The third kappa shape index (κ3) is 4.18. The van der Waals surface area contributed by atoms with Crippen molar-refractivity contribution in [2.75, 3.05) is 6.26 Å². The number of hydrogen-bond acceptors (Lipinski definition) is 3. The van der Waals surface area contributed by atoms with Crippen LogP contribution in [0, 0.1) is 11.6 Å². The summed E-state index contributed by atoms with van der Waals surface area (Å²) in [5.74, 6) is -2.63. The standard InChI is InChI=1S/C18H11F7N2O2S/c1-30(28,29)16-7-11(19)15(6-12(16)20)27-14(8-13(26-27)17(21)22)9-2-4-10(5-3-9)18(23,24)25/h2-8,17H,1H3. The number of aromatic nitrogens is 2. The third-order valence-corrected chi connectivity index (χ3v) is 5.20. The molecule has 0 atom stereocenters. The first-order valence-electron chi connectivity index (χ1n) is 8.04. The summed E-state index contributed by atoms with van der Waals surface area (Å²) in [4.78, 5) is -0.943. The van der Waals surface area contributed by atoms with Crippen molar-refractivity contribution in [3.63, 3.8) is 0 Å². The molecule has 0 aliphatic carbocycles. The predicted molar refractivity (Wildman–Crippen MR) is 92.0 cm³/mol. The Morgan fingerprint density at radius 3 is 2.07 bits per heavy atom. The highest BCUT2D eigenvalue weighted by Gasteiger charge is 2.30. The van der Waals surface area contributed by atoms with Crippen molar-refractivity contribution < 1.29 is 39.2 Å². The van der Waals surface area contributed by atoms with Gasteiger partial charge in [0.25, 0.3) is 6.43 Å². The first-order chi connectivity index (χ1) is 13.8. The van der Waals surface area contributed by atoms with Crippen LogP contribution in [0.1, 0.15) is 17.7 Å². The molecule has 0 fully saturated rings. The van der Waals surface area contributed by atoms with Gasteiger partial charge < -0.3 is 0 Å². The molecule has 30 heavy (non-hydrogen) atoms. The smallest absolute Gasteiger partial charge is 0.230 e. The summed E-state index contributed by atoms with van der Waals surface area (Å²) in [6.45, 7) is 0. The molecule has 0 saturated carbocycles. The van der Waals surface area contributed by atoms with Crippen LogP contribution in [0.3, 0.4) is 0 Å². The zero-order valence-corrected chi connectivity index (χ0v) is 15.7. The van der Waals surface area contributed by atoms with Gasteiger partial charge in [-0.3, -0.25) is 0 Å². The van der Waals surface area contributed by atoms with E-state index in [0.29, 0.717) is 35.2 Å². The lowest BCUT2D eigenvalue weighted by molar-refractivity contribution is -0.137. The van der Waals surface area contributed by atoms with Crippen molar-refractivity contribution in [1.29, 1.82) is 0 Å². The first kappa shape index (κ1) is 21.8. The molecule has 0 aliphatic heterocycles. The second-order valence-electron chi connectivity index (χ2n) is 6.25. The Labute approximate surface area is 165 Å². The van der Waals surface area contributed by atoms with Gasteiger partial charge in [-0.25, -0.2) is 30.7 Å². The largest absolute Gasteiger partial charge is 0.416 e. The zero-order valence-electron chi connectivity index (χ0n) is 14.9. The molecule has 0 saturated heterocycles. The number of alkyl halides is 5. The summed E-state index contributed by atoms with van der Waals surface area (Å²) < 4.78 is 117. The van der Waals surface area contributed by atoms with Gasteiger partial charge in [-0.1, -0.05) is 12.1 Å². The van der Waals surface area contributed by atoms with E-state index in [1.54, 1.807) is 0 Å². The average Bonchev–Trinajstić information content (AvgIpc) is 3.07. The Kier molecular flexibility index (Phi) is 5.39. The van der Waals surface area contributed by atoms with Crippen molar-refractivity contribution >= 4 is 9.84 Å². The summed E-state index contributed by atoms with van der Waals surface area (Å²) >= 11 is 0. The maximum absolute atomic E-state index is 14.5. The molecular formula is C18H11F7N2O2S. The summed E-state index contributed by atoms with van der Waals surface area (Å²) in [7, 11) is -4.12. The SMILES string of the molecule is CS(=O)(=O)c1cc(F)c(-n2nc(C(F)F)cc2-c2ccc(C(F)(F)F)cc2)cc1F. The normalized spacial score (nSPS) is 12.6. The minimum Gasteiger partial charge on any atom is -0.230 e. The van der Waals surface area contributed by atoms with Crippen LogP contribution in [0.4, 0.5) is 30.7 Å². The van der Waals surface area contributed by atoms with Gasteiger partial charge in [0.05, 0.1) is 11.3 Å². The Morgan fingerprint density at radius 2 is 1.57 bits per heavy atom. The van der Waals surface area contributed by atoms with E-state index >= 15 is 0 Å². The van der Waals surface area contributed by atoms with Crippen LogP contribution >= 0.6 is 0 Å². The quantitative estimate of drug-likeness (QED) is 0.513. The Hall–Kier alpha value is -2.89. The van der Waals surface area contributed by atoms with Crippen molar-refractivity contribution in [1.82, 2.24) is 9.78 Å². The van der Waals surface area contributed by atoms with Crippen LogP contribution in [-0.4, -0.2) is 24.5 Å². The fraction of sp³-hybridized carbons (Fsp3) is 0.167. The fourth-order valence-electron chi connectivity index (χ4n) is 2.69. The Morgan fingerprint density at radius 1 is 0.967 bits per heavy atom. The minimum absolute atomic E-state index is 0.0330. The lowest BCUT2D eigenvalue weighted by Gasteiger charge is -2.12. The summed E-state index contributed by atoms with van der Waals surface area (Å²) in [5, 5.41) is 3.51. The molecule has 2 aromatic carbocycles. The molecule has 3 rings (SSSR count). The highest BCUT2D eigenvalue weighted by atomic mass is 32.2. The van der Waals surface area contributed by atoms with Gasteiger partial charge in [-0.05, 0) is 24.3 Å². The molecule has 0 N–H and O–H groups in total. The summed E-state index contributed by atoms with van der Waals surface area (Å²) in [5.41, 5.74) is -2.81. The van der Waals surface area contributed by atoms with E-state index in [-0.39, 0.29) is 11.3 Å². The van der Waals surface area contributed by atoms with Crippen LogP contribution in [0.25, 0.3) is 16.9 Å². The molecule has 4 nitrogen and oxygen atoms in total. The number of sulfone groups is 1. The molecule has 1 heterocycles. The highest BCUT2D eigenvalue weighted by Crippen LogP contribution is 2.34. The summed E-state index contributed by atoms with van der Waals surface area (Å²) in [6.07, 6.45) is -7.09. The monoisotopic (exact) mass is 452 g/mol. The van der Waals surface area contributed by atoms with Gasteiger partial charge >= 0.3 is 6.18 Å². The van der Waals surface area contributed by atoms with E-state index < -0.39 is 55.9 Å². The van der Waals surface area contributed by atoms with Gasteiger partial charge in [0.15, 0.2) is 9.84 Å². The molecule has 0 amide bonds. The Balaban J connectivity index is 2.21. The number of benzene rings is 2. The van der Waals surface area contributed by atoms with Gasteiger partial charge in [0, 0.05) is 17.9 Å². The predicted octanol–water partition coefficient (Wildman–Crippen LogP) is 5.18. The summed E-state index contributed by atoms with van der Waals surface area (Å²) in [6, 6.07) is 4.96. The van der Waals surface area contributed by atoms with Gasteiger partial charge in [-0.15, -0.1) is 0 Å². The molecule has 0 aliphatic rings. The van der Waals surface area contributed by atoms with Crippen molar-refractivity contribution in [3.05, 3.63) is 65.4 Å². The van der Waals surface area contributed by atoms with Gasteiger partial charge in [0.2, 0.25) is 0 Å². The lowest BCUT2D eigenvalue weighted by atomic mass is 10.1. The third-order valence-electron chi connectivity index (χ3n) is 4.09.